The first-order valence-corrected chi connectivity index (χ1v) is 7.25. The lowest BCUT2D eigenvalue weighted by Gasteiger charge is -2.18. The normalized spacial score (nSPS) is 10.3. The molecule has 0 heterocycles. The first kappa shape index (κ1) is 15.3. The minimum absolute atomic E-state index is 0.435. The second-order valence-electron chi connectivity index (χ2n) is 5.41. The third-order valence-corrected chi connectivity index (χ3v) is 3.69. The maximum absolute atomic E-state index is 5.69. The summed E-state index contributed by atoms with van der Waals surface area (Å²) in [6, 6.07) is 12.4. The lowest BCUT2D eigenvalue weighted by molar-refractivity contribution is 1.11. The average molecular weight is 299 g/mol. The van der Waals surface area contributed by atoms with Gasteiger partial charge in [-0.1, -0.05) is 18.3 Å². The van der Waals surface area contributed by atoms with E-state index in [9.17, 15) is 0 Å². The molecule has 110 valence electrons. The zero-order valence-electron chi connectivity index (χ0n) is 12.9. The SMILES string of the molecule is Cc1cc(Nc2ccc(C)c(N(C)C)c2)ccc1C(N)=S. The third-order valence-electron chi connectivity index (χ3n) is 3.47. The Bertz CT molecular complexity index is 678. The van der Waals surface area contributed by atoms with Crippen LogP contribution in [-0.4, -0.2) is 19.1 Å². The zero-order chi connectivity index (χ0) is 15.6. The number of nitrogens with two attached hydrogens (primary N) is 1. The van der Waals surface area contributed by atoms with E-state index in [1.807, 2.05) is 33.2 Å². The number of aryl methyl sites for hydroxylation is 2. The summed E-state index contributed by atoms with van der Waals surface area (Å²) in [6.07, 6.45) is 0. The lowest BCUT2D eigenvalue weighted by Crippen LogP contribution is -2.11. The van der Waals surface area contributed by atoms with Crippen molar-refractivity contribution in [1.29, 1.82) is 0 Å². The van der Waals surface area contributed by atoms with Crippen LogP contribution in [-0.2, 0) is 0 Å². The Morgan fingerprint density at radius 1 is 1.00 bits per heavy atom. The largest absolute Gasteiger partial charge is 0.389 e. The number of thiocarbonyl (C=S) groups is 1. The predicted octanol–water partition coefficient (Wildman–Crippen LogP) is 3.75. The summed E-state index contributed by atoms with van der Waals surface area (Å²) in [5, 5.41) is 3.42. The van der Waals surface area contributed by atoms with Gasteiger partial charge in [-0.25, -0.2) is 0 Å². The van der Waals surface area contributed by atoms with E-state index in [0.29, 0.717) is 4.99 Å². The molecule has 0 unspecified atom stereocenters. The molecule has 0 bridgehead atoms. The monoisotopic (exact) mass is 299 g/mol. The summed E-state index contributed by atoms with van der Waals surface area (Å²) < 4.78 is 0. The maximum Gasteiger partial charge on any atom is 0.104 e. The Morgan fingerprint density at radius 3 is 2.19 bits per heavy atom. The van der Waals surface area contributed by atoms with Crippen molar-refractivity contribution in [2.24, 2.45) is 5.73 Å². The molecule has 0 atom stereocenters. The van der Waals surface area contributed by atoms with E-state index in [4.69, 9.17) is 18.0 Å². The van der Waals surface area contributed by atoms with Crippen molar-refractivity contribution in [1.82, 2.24) is 0 Å². The molecule has 3 N–H and O–H groups in total. The second-order valence-corrected chi connectivity index (χ2v) is 5.85. The van der Waals surface area contributed by atoms with Gasteiger partial charge in [-0.3, -0.25) is 0 Å². The smallest absolute Gasteiger partial charge is 0.104 e. The fraction of sp³-hybridized carbons (Fsp3) is 0.235. The van der Waals surface area contributed by atoms with Crippen molar-refractivity contribution in [3.05, 3.63) is 53.1 Å². The molecule has 4 heteroatoms. The van der Waals surface area contributed by atoms with Gasteiger partial charge in [0.05, 0.1) is 0 Å². The van der Waals surface area contributed by atoms with Crippen molar-refractivity contribution < 1.29 is 0 Å². The highest BCUT2D eigenvalue weighted by atomic mass is 32.1. The highest BCUT2D eigenvalue weighted by molar-refractivity contribution is 7.80. The van der Waals surface area contributed by atoms with Crippen molar-refractivity contribution in [2.45, 2.75) is 13.8 Å². The van der Waals surface area contributed by atoms with Gasteiger partial charge in [-0.15, -0.1) is 0 Å². The molecule has 3 nitrogen and oxygen atoms in total. The van der Waals surface area contributed by atoms with Gasteiger partial charge in [0.25, 0.3) is 0 Å². The quantitative estimate of drug-likeness (QED) is 0.844. The Hall–Kier alpha value is -2.07. The minimum Gasteiger partial charge on any atom is -0.389 e. The first-order valence-electron chi connectivity index (χ1n) is 6.84. The Balaban J connectivity index is 2.28. The van der Waals surface area contributed by atoms with Gasteiger partial charge in [0.15, 0.2) is 0 Å². The Kier molecular flexibility index (Phi) is 4.48. The highest BCUT2D eigenvalue weighted by Gasteiger charge is 2.05. The molecule has 0 saturated heterocycles. The summed E-state index contributed by atoms with van der Waals surface area (Å²) in [5.74, 6) is 0. The molecular weight excluding hydrogens is 278 g/mol. The van der Waals surface area contributed by atoms with Crippen LogP contribution in [0.3, 0.4) is 0 Å². The van der Waals surface area contributed by atoms with Crippen LogP contribution >= 0.6 is 12.2 Å². The molecule has 0 spiro atoms. The van der Waals surface area contributed by atoms with Crippen LogP contribution in [0.4, 0.5) is 17.1 Å². The second kappa shape index (κ2) is 6.14. The number of hydrogen-bond acceptors (Lipinski definition) is 3. The van der Waals surface area contributed by atoms with E-state index in [2.05, 4.69) is 41.4 Å². The number of benzene rings is 2. The molecule has 0 aromatic heterocycles. The fourth-order valence-corrected chi connectivity index (χ4v) is 2.58. The summed E-state index contributed by atoms with van der Waals surface area (Å²) in [6.45, 7) is 4.13. The van der Waals surface area contributed by atoms with Crippen LogP contribution in [0.25, 0.3) is 0 Å². The molecule has 0 aliphatic carbocycles. The maximum atomic E-state index is 5.69. The lowest BCUT2D eigenvalue weighted by atomic mass is 10.1. The van der Waals surface area contributed by atoms with Crippen molar-refractivity contribution in [2.75, 3.05) is 24.3 Å². The molecule has 0 radical (unpaired) electrons. The van der Waals surface area contributed by atoms with E-state index >= 15 is 0 Å². The Morgan fingerprint density at radius 2 is 1.62 bits per heavy atom. The molecule has 0 aliphatic heterocycles. The van der Waals surface area contributed by atoms with Gasteiger partial charge in [0.2, 0.25) is 0 Å². The van der Waals surface area contributed by atoms with Crippen molar-refractivity contribution in [3.63, 3.8) is 0 Å². The predicted molar refractivity (Wildman–Crippen MR) is 95.9 cm³/mol. The van der Waals surface area contributed by atoms with Gasteiger partial charge in [-0.05, 0) is 55.3 Å². The molecule has 0 aliphatic rings. The molecule has 2 rings (SSSR count). The Labute approximate surface area is 131 Å². The van der Waals surface area contributed by atoms with Gasteiger partial charge < -0.3 is 16.0 Å². The molecular formula is C17H21N3S. The zero-order valence-corrected chi connectivity index (χ0v) is 13.7. The van der Waals surface area contributed by atoms with Gasteiger partial charge in [-0.2, -0.15) is 0 Å². The number of rotatable bonds is 4. The van der Waals surface area contributed by atoms with Gasteiger partial charge >= 0.3 is 0 Å². The van der Waals surface area contributed by atoms with E-state index in [1.54, 1.807) is 0 Å². The number of hydrogen-bond donors (Lipinski definition) is 2. The van der Waals surface area contributed by atoms with Gasteiger partial charge in [0.1, 0.15) is 4.99 Å². The summed E-state index contributed by atoms with van der Waals surface area (Å²) in [7, 11) is 4.10. The molecule has 2 aromatic carbocycles. The van der Waals surface area contributed by atoms with Gasteiger partial charge in [0, 0.05) is 36.7 Å². The van der Waals surface area contributed by atoms with Crippen molar-refractivity contribution >= 4 is 34.3 Å². The van der Waals surface area contributed by atoms with Crippen LogP contribution in [0.2, 0.25) is 0 Å². The summed E-state index contributed by atoms with van der Waals surface area (Å²) in [5.41, 5.74) is 12.2. The van der Waals surface area contributed by atoms with Crippen LogP contribution < -0.4 is 16.0 Å². The van der Waals surface area contributed by atoms with E-state index in [-0.39, 0.29) is 0 Å². The summed E-state index contributed by atoms with van der Waals surface area (Å²) in [4.78, 5) is 2.55. The number of nitrogens with one attached hydrogen (secondary N) is 1. The van der Waals surface area contributed by atoms with Crippen LogP contribution in [0.5, 0.6) is 0 Å². The topological polar surface area (TPSA) is 41.3 Å². The average Bonchev–Trinajstić information content (AvgIpc) is 2.40. The first-order chi connectivity index (χ1) is 9.88. The molecule has 0 fully saturated rings. The molecule has 0 saturated carbocycles. The van der Waals surface area contributed by atoms with E-state index in [0.717, 1.165) is 22.5 Å². The third kappa shape index (κ3) is 3.52. The highest BCUT2D eigenvalue weighted by Crippen LogP contribution is 2.26. The van der Waals surface area contributed by atoms with Crippen LogP contribution in [0.1, 0.15) is 16.7 Å². The fourth-order valence-electron chi connectivity index (χ4n) is 2.35. The van der Waals surface area contributed by atoms with Crippen molar-refractivity contribution in [3.8, 4) is 0 Å². The number of nitrogens with zero attached hydrogens (tertiary/aromatic N) is 1. The summed E-state index contributed by atoms with van der Waals surface area (Å²) >= 11 is 5.03. The minimum atomic E-state index is 0.435. The number of anilines is 3. The van der Waals surface area contributed by atoms with Crippen LogP contribution in [0.15, 0.2) is 36.4 Å². The van der Waals surface area contributed by atoms with E-state index < -0.39 is 0 Å². The molecule has 2 aromatic rings. The standard InChI is InChI=1S/C17H21N3S/c1-11-5-6-14(10-16(11)20(3)4)19-13-7-8-15(17(18)21)12(2)9-13/h5-10,19H,1-4H3,(H2,18,21). The molecule has 21 heavy (non-hydrogen) atoms. The molecule has 0 amide bonds. The van der Waals surface area contributed by atoms with Crippen LogP contribution in [0, 0.1) is 13.8 Å². The van der Waals surface area contributed by atoms with E-state index in [1.165, 1.54) is 11.3 Å².